The molecule has 15 heavy (non-hydrogen) atoms. The molecule has 0 aliphatic rings. The highest BCUT2D eigenvalue weighted by atomic mass is 16.3. The second kappa shape index (κ2) is 5.93. The number of aliphatic hydroxyl groups excluding tert-OH is 1. The Bertz CT molecular complexity index is 294. The predicted molar refractivity (Wildman–Crippen MR) is 60.8 cm³/mol. The van der Waals surface area contributed by atoms with E-state index in [1.807, 2.05) is 13.8 Å². The topological polar surface area (TPSA) is 45.4 Å². The molecule has 2 N–H and O–H groups in total. The Labute approximate surface area is 91.5 Å². The first-order valence-electron chi connectivity index (χ1n) is 5.51. The van der Waals surface area contributed by atoms with Gasteiger partial charge in [-0.25, -0.2) is 0 Å². The minimum absolute atomic E-state index is 0.271. The molecule has 3 heteroatoms. The molecule has 0 radical (unpaired) electrons. The third-order valence-electron chi connectivity index (χ3n) is 2.57. The van der Waals surface area contributed by atoms with Crippen molar-refractivity contribution in [3.8, 4) is 0 Å². The van der Waals surface area contributed by atoms with Crippen LogP contribution in [0.2, 0.25) is 0 Å². The van der Waals surface area contributed by atoms with Crippen LogP contribution in [0.3, 0.4) is 0 Å². The summed E-state index contributed by atoms with van der Waals surface area (Å²) in [7, 11) is 0. The van der Waals surface area contributed by atoms with Gasteiger partial charge in [-0.1, -0.05) is 6.92 Å². The Hall–Kier alpha value is -0.800. The lowest BCUT2D eigenvalue weighted by atomic mass is 10.1. The van der Waals surface area contributed by atoms with Gasteiger partial charge in [0.15, 0.2) is 0 Å². The van der Waals surface area contributed by atoms with Gasteiger partial charge in [0.25, 0.3) is 0 Å². The molecule has 0 saturated carbocycles. The van der Waals surface area contributed by atoms with Crippen molar-refractivity contribution in [1.29, 1.82) is 0 Å². The van der Waals surface area contributed by atoms with E-state index >= 15 is 0 Å². The van der Waals surface area contributed by atoms with Crippen LogP contribution >= 0.6 is 0 Å². The average molecular weight is 211 g/mol. The first-order chi connectivity index (χ1) is 7.13. The fourth-order valence-electron chi connectivity index (χ4n) is 1.63. The monoisotopic (exact) mass is 211 g/mol. The van der Waals surface area contributed by atoms with Crippen LogP contribution < -0.4 is 5.32 Å². The number of rotatable bonds is 6. The van der Waals surface area contributed by atoms with E-state index in [4.69, 9.17) is 9.52 Å². The molecule has 3 nitrogen and oxygen atoms in total. The van der Waals surface area contributed by atoms with E-state index in [1.165, 1.54) is 5.56 Å². The maximum Gasteiger partial charge on any atom is 0.105 e. The van der Waals surface area contributed by atoms with Gasteiger partial charge in [-0.2, -0.15) is 0 Å². The summed E-state index contributed by atoms with van der Waals surface area (Å²) in [5.74, 6) is 2.48. The van der Waals surface area contributed by atoms with Gasteiger partial charge >= 0.3 is 0 Å². The number of hydrogen-bond acceptors (Lipinski definition) is 3. The molecule has 1 heterocycles. The summed E-state index contributed by atoms with van der Waals surface area (Å²) >= 11 is 0. The number of hydrogen-bond donors (Lipinski definition) is 2. The van der Waals surface area contributed by atoms with Gasteiger partial charge in [0.2, 0.25) is 0 Å². The zero-order chi connectivity index (χ0) is 11.3. The highest BCUT2D eigenvalue weighted by Crippen LogP contribution is 2.13. The average Bonchev–Trinajstić information content (AvgIpc) is 2.46. The van der Waals surface area contributed by atoms with Gasteiger partial charge < -0.3 is 14.8 Å². The summed E-state index contributed by atoms with van der Waals surface area (Å²) in [5, 5.41) is 12.1. The van der Waals surface area contributed by atoms with E-state index < -0.39 is 0 Å². The lowest BCUT2D eigenvalue weighted by Crippen LogP contribution is -2.21. The molecule has 0 aliphatic carbocycles. The Morgan fingerprint density at radius 2 is 2.20 bits per heavy atom. The van der Waals surface area contributed by atoms with Gasteiger partial charge in [-0.05, 0) is 38.8 Å². The first-order valence-corrected chi connectivity index (χ1v) is 5.51. The van der Waals surface area contributed by atoms with E-state index in [2.05, 4.69) is 18.3 Å². The number of nitrogens with one attached hydrogen (secondary N) is 1. The van der Waals surface area contributed by atoms with Gasteiger partial charge in [-0.15, -0.1) is 0 Å². The lowest BCUT2D eigenvalue weighted by molar-refractivity contribution is 0.260. The van der Waals surface area contributed by atoms with Gasteiger partial charge in [0.1, 0.15) is 11.5 Å². The van der Waals surface area contributed by atoms with Crippen molar-refractivity contribution in [2.45, 2.75) is 33.7 Å². The van der Waals surface area contributed by atoms with Gasteiger partial charge in [0, 0.05) is 18.7 Å². The molecular weight excluding hydrogens is 190 g/mol. The van der Waals surface area contributed by atoms with Crippen LogP contribution in [-0.4, -0.2) is 18.3 Å². The Morgan fingerprint density at radius 3 is 2.73 bits per heavy atom. The second-order valence-electron chi connectivity index (χ2n) is 4.19. The summed E-state index contributed by atoms with van der Waals surface area (Å²) in [6, 6.07) is 2.07. The normalized spacial score (nSPS) is 13.1. The maximum atomic E-state index is 8.76. The molecular formula is C12H21NO2. The van der Waals surface area contributed by atoms with E-state index in [9.17, 15) is 0 Å². The molecule has 1 aromatic heterocycles. The summed E-state index contributed by atoms with van der Waals surface area (Å²) in [6.07, 6.45) is 0.858. The van der Waals surface area contributed by atoms with Gasteiger partial charge in [-0.3, -0.25) is 0 Å². The fraction of sp³-hybridized carbons (Fsp3) is 0.667. The molecule has 0 spiro atoms. The lowest BCUT2D eigenvalue weighted by Gasteiger charge is -2.10. The molecule has 1 unspecified atom stereocenters. The SMILES string of the molecule is Cc1cc(CNCC(C)CCO)c(C)o1. The zero-order valence-corrected chi connectivity index (χ0v) is 9.84. The summed E-state index contributed by atoms with van der Waals surface area (Å²) in [4.78, 5) is 0. The standard InChI is InChI=1S/C12H21NO2/c1-9(4-5-14)7-13-8-12-6-10(2)15-11(12)3/h6,9,13-14H,4-5,7-8H2,1-3H3. The number of aryl methyl sites for hydroxylation is 2. The maximum absolute atomic E-state index is 8.76. The molecule has 0 aromatic carbocycles. The number of aliphatic hydroxyl groups is 1. The molecule has 0 bridgehead atoms. The smallest absolute Gasteiger partial charge is 0.105 e. The number of furan rings is 1. The van der Waals surface area contributed by atoms with Crippen molar-refractivity contribution >= 4 is 0 Å². The van der Waals surface area contributed by atoms with E-state index in [1.54, 1.807) is 0 Å². The Morgan fingerprint density at radius 1 is 1.47 bits per heavy atom. The van der Waals surface area contributed by atoms with Crippen molar-refractivity contribution in [3.63, 3.8) is 0 Å². The molecule has 0 saturated heterocycles. The molecule has 1 aromatic rings. The minimum atomic E-state index is 0.271. The fourth-order valence-corrected chi connectivity index (χ4v) is 1.63. The molecule has 1 rings (SSSR count). The quantitative estimate of drug-likeness (QED) is 0.756. The van der Waals surface area contributed by atoms with Crippen LogP contribution in [0, 0.1) is 19.8 Å². The largest absolute Gasteiger partial charge is 0.466 e. The summed E-state index contributed by atoms with van der Waals surface area (Å²) < 4.78 is 5.44. The molecule has 1 atom stereocenters. The van der Waals surface area contributed by atoms with E-state index in [-0.39, 0.29) is 6.61 Å². The van der Waals surface area contributed by atoms with Crippen molar-refractivity contribution in [3.05, 3.63) is 23.2 Å². The molecule has 0 amide bonds. The third kappa shape index (κ3) is 4.06. The predicted octanol–water partition coefficient (Wildman–Crippen LogP) is 2.00. The highest BCUT2D eigenvalue weighted by Gasteiger charge is 2.05. The van der Waals surface area contributed by atoms with Crippen LogP contribution in [0.5, 0.6) is 0 Å². The van der Waals surface area contributed by atoms with Crippen molar-refractivity contribution in [2.24, 2.45) is 5.92 Å². The summed E-state index contributed by atoms with van der Waals surface area (Å²) in [6.45, 7) is 8.14. The van der Waals surface area contributed by atoms with Crippen molar-refractivity contribution in [2.75, 3.05) is 13.2 Å². The van der Waals surface area contributed by atoms with Crippen molar-refractivity contribution < 1.29 is 9.52 Å². The third-order valence-corrected chi connectivity index (χ3v) is 2.57. The summed E-state index contributed by atoms with van der Waals surface area (Å²) in [5.41, 5.74) is 1.23. The van der Waals surface area contributed by atoms with Crippen molar-refractivity contribution in [1.82, 2.24) is 5.32 Å². The van der Waals surface area contributed by atoms with Gasteiger partial charge in [0.05, 0.1) is 0 Å². The highest BCUT2D eigenvalue weighted by molar-refractivity contribution is 5.19. The Kier molecular flexibility index (Phi) is 4.85. The molecule has 0 aliphatic heterocycles. The zero-order valence-electron chi connectivity index (χ0n) is 9.84. The van der Waals surface area contributed by atoms with Crippen LogP contribution in [0.4, 0.5) is 0 Å². The van der Waals surface area contributed by atoms with Crippen LogP contribution in [0.15, 0.2) is 10.5 Å². The Balaban J connectivity index is 2.28. The van der Waals surface area contributed by atoms with E-state index in [0.29, 0.717) is 5.92 Å². The van der Waals surface area contributed by atoms with Crippen LogP contribution in [0.25, 0.3) is 0 Å². The molecule has 0 fully saturated rings. The first kappa shape index (κ1) is 12.3. The van der Waals surface area contributed by atoms with Crippen LogP contribution in [0.1, 0.15) is 30.4 Å². The minimum Gasteiger partial charge on any atom is -0.466 e. The molecule has 86 valence electrons. The van der Waals surface area contributed by atoms with Crippen LogP contribution in [-0.2, 0) is 6.54 Å². The second-order valence-corrected chi connectivity index (χ2v) is 4.19. The van der Waals surface area contributed by atoms with E-state index in [0.717, 1.165) is 31.0 Å².